The van der Waals surface area contributed by atoms with E-state index in [2.05, 4.69) is 19.1 Å². The Morgan fingerprint density at radius 1 is 1.53 bits per heavy atom. The van der Waals surface area contributed by atoms with Crippen LogP contribution in [-0.2, 0) is 10.3 Å². The monoisotopic (exact) mass is 226 g/mol. The molecule has 3 heteroatoms. The maximum atomic E-state index is 10.6. The largest absolute Gasteiger partial charge is 0.384 e. The number of aryl methyl sites for hydroxylation is 1. The molecule has 15 heavy (non-hydrogen) atoms. The first-order valence-electron chi connectivity index (χ1n) is 5.46. The van der Waals surface area contributed by atoms with Crippen LogP contribution in [0.15, 0.2) is 12.1 Å². The zero-order chi connectivity index (χ0) is 10.9. The maximum Gasteiger partial charge on any atom is 0.101 e. The third kappa shape index (κ3) is 2.25. The fourth-order valence-corrected chi connectivity index (χ4v) is 3.31. The van der Waals surface area contributed by atoms with Crippen LogP contribution in [0.3, 0.4) is 0 Å². The minimum absolute atomic E-state index is 0.214. The van der Waals surface area contributed by atoms with Gasteiger partial charge >= 0.3 is 0 Å². The van der Waals surface area contributed by atoms with Gasteiger partial charge in [0.2, 0.25) is 0 Å². The van der Waals surface area contributed by atoms with Crippen molar-refractivity contribution in [3.63, 3.8) is 0 Å². The minimum Gasteiger partial charge on any atom is -0.384 e. The summed E-state index contributed by atoms with van der Waals surface area (Å²) in [6, 6.07) is 4.13. The standard InChI is InChI=1S/C12H18O2S/c1-9-5-6-11(15-9)12(13)7-3-4-10(8-12)14-2/h5-6,10,13H,3-4,7-8H2,1-2H3. The van der Waals surface area contributed by atoms with Crippen molar-refractivity contribution in [3.05, 3.63) is 21.9 Å². The van der Waals surface area contributed by atoms with Gasteiger partial charge in [0.25, 0.3) is 0 Å². The van der Waals surface area contributed by atoms with Crippen LogP contribution in [0.2, 0.25) is 0 Å². The van der Waals surface area contributed by atoms with Gasteiger partial charge in [0.1, 0.15) is 5.60 Å². The Hall–Kier alpha value is -0.380. The van der Waals surface area contributed by atoms with Crippen molar-refractivity contribution in [2.24, 2.45) is 0 Å². The van der Waals surface area contributed by atoms with Crippen molar-refractivity contribution in [1.29, 1.82) is 0 Å². The summed E-state index contributed by atoms with van der Waals surface area (Å²) in [5.74, 6) is 0. The smallest absolute Gasteiger partial charge is 0.101 e. The molecule has 0 aromatic carbocycles. The van der Waals surface area contributed by atoms with Gasteiger partial charge in [0.15, 0.2) is 0 Å². The predicted molar refractivity (Wildman–Crippen MR) is 62.2 cm³/mol. The summed E-state index contributed by atoms with van der Waals surface area (Å²) in [6.07, 6.45) is 3.94. The zero-order valence-electron chi connectivity index (χ0n) is 9.32. The number of rotatable bonds is 2. The molecule has 84 valence electrons. The quantitative estimate of drug-likeness (QED) is 0.840. The number of aliphatic hydroxyl groups is 1. The molecular weight excluding hydrogens is 208 g/mol. The molecule has 1 aromatic heterocycles. The van der Waals surface area contributed by atoms with Gasteiger partial charge in [-0.1, -0.05) is 0 Å². The molecule has 1 saturated carbocycles. The number of ether oxygens (including phenoxy) is 1. The van der Waals surface area contributed by atoms with Crippen LogP contribution in [0, 0.1) is 6.92 Å². The van der Waals surface area contributed by atoms with E-state index in [9.17, 15) is 5.11 Å². The molecule has 0 saturated heterocycles. The van der Waals surface area contributed by atoms with Crippen molar-refractivity contribution in [3.8, 4) is 0 Å². The van der Waals surface area contributed by atoms with E-state index in [4.69, 9.17) is 4.74 Å². The molecule has 2 rings (SSSR count). The van der Waals surface area contributed by atoms with E-state index in [-0.39, 0.29) is 6.10 Å². The van der Waals surface area contributed by atoms with Crippen molar-refractivity contribution in [1.82, 2.24) is 0 Å². The lowest BCUT2D eigenvalue weighted by molar-refractivity contribution is -0.0609. The van der Waals surface area contributed by atoms with Crippen LogP contribution in [0.5, 0.6) is 0 Å². The van der Waals surface area contributed by atoms with E-state index >= 15 is 0 Å². The molecule has 0 bridgehead atoms. The lowest BCUT2D eigenvalue weighted by Gasteiger charge is -2.35. The normalized spacial score (nSPS) is 31.8. The van der Waals surface area contributed by atoms with E-state index in [1.807, 2.05) is 0 Å². The lowest BCUT2D eigenvalue weighted by atomic mass is 9.82. The van der Waals surface area contributed by atoms with Gasteiger partial charge in [-0.15, -0.1) is 11.3 Å². The molecule has 1 aliphatic carbocycles. The lowest BCUT2D eigenvalue weighted by Crippen LogP contribution is -2.35. The van der Waals surface area contributed by atoms with Gasteiger partial charge in [-0.25, -0.2) is 0 Å². The molecule has 1 N–H and O–H groups in total. The molecule has 2 atom stereocenters. The Bertz CT molecular complexity index is 334. The third-order valence-corrected chi connectivity index (χ3v) is 4.41. The molecule has 0 amide bonds. The van der Waals surface area contributed by atoms with Gasteiger partial charge in [0.05, 0.1) is 6.10 Å². The first-order chi connectivity index (χ1) is 7.14. The van der Waals surface area contributed by atoms with Gasteiger partial charge < -0.3 is 9.84 Å². The first kappa shape index (κ1) is 11.1. The average molecular weight is 226 g/mol. The van der Waals surface area contributed by atoms with Crippen molar-refractivity contribution in [2.75, 3.05) is 7.11 Å². The van der Waals surface area contributed by atoms with Crippen LogP contribution in [0.4, 0.5) is 0 Å². The molecule has 2 nitrogen and oxygen atoms in total. The highest BCUT2D eigenvalue weighted by Crippen LogP contribution is 2.40. The van der Waals surface area contributed by atoms with Gasteiger partial charge in [-0.2, -0.15) is 0 Å². The molecular formula is C12H18O2S. The highest BCUT2D eigenvalue weighted by atomic mass is 32.1. The Balaban J connectivity index is 2.18. The summed E-state index contributed by atoms with van der Waals surface area (Å²) in [5, 5.41) is 10.6. The van der Waals surface area contributed by atoms with E-state index < -0.39 is 5.60 Å². The second-order valence-corrected chi connectivity index (χ2v) is 5.68. The number of thiophene rings is 1. The highest BCUT2D eigenvalue weighted by Gasteiger charge is 2.36. The van der Waals surface area contributed by atoms with Gasteiger partial charge in [0, 0.05) is 23.3 Å². The number of hydrogen-bond donors (Lipinski definition) is 1. The molecule has 1 fully saturated rings. The zero-order valence-corrected chi connectivity index (χ0v) is 10.1. The second-order valence-electron chi connectivity index (χ2n) is 4.40. The Morgan fingerprint density at radius 2 is 2.33 bits per heavy atom. The summed E-state index contributed by atoms with van der Waals surface area (Å²) in [5.41, 5.74) is -0.641. The summed E-state index contributed by atoms with van der Waals surface area (Å²) in [7, 11) is 1.73. The molecule has 0 radical (unpaired) electrons. The third-order valence-electron chi connectivity index (χ3n) is 3.21. The molecule has 1 heterocycles. The van der Waals surface area contributed by atoms with Crippen molar-refractivity contribution in [2.45, 2.75) is 44.3 Å². The van der Waals surface area contributed by atoms with Crippen LogP contribution in [0.25, 0.3) is 0 Å². The van der Waals surface area contributed by atoms with Crippen LogP contribution in [0.1, 0.15) is 35.4 Å². The molecule has 1 aliphatic rings. The van der Waals surface area contributed by atoms with E-state index in [0.717, 1.165) is 30.6 Å². The molecule has 2 unspecified atom stereocenters. The molecule has 0 spiro atoms. The number of hydrogen-bond acceptors (Lipinski definition) is 3. The predicted octanol–water partition coefficient (Wildman–Crippen LogP) is 2.83. The fourth-order valence-electron chi connectivity index (χ4n) is 2.31. The topological polar surface area (TPSA) is 29.5 Å². The van der Waals surface area contributed by atoms with Crippen LogP contribution < -0.4 is 0 Å². The molecule has 0 aliphatic heterocycles. The summed E-state index contributed by atoms with van der Waals surface area (Å²) < 4.78 is 5.36. The Kier molecular flexibility index (Phi) is 3.14. The SMILES string of the molecule is COC1CCCC(O)(c2ccc(C)s2)C1. The molecule has 1 aromatic rings. The van der Waals surface area contributed by atoms with E-state index in [1.165, 1.54) is 4.88 Å². The Labute approximate surface area is 94.9 Å². The van der Waals surface area contributed by atoms with Crippen molar-refractivity contribution >= 4 is 11.3 Å². The van der Waals surface area contributed by atoms with Crippen LogP contribution >= 0.6 is 11.3 Å². The fraction of sp³-hybridized carbons (Fsp3) is 0.667. The number of methoxy groups -OCH3 is 1. The van der Waals surface area contributed by atoms with Crippen molar-refractivity contribution < 1.29 is 9.84 Å². The van der Waals surface area contributed by atoms with Gasteiger partial charge in [-0.05, 0) is 38.3 Å². The average Bonchev–Trinajstić information content (AvgIpc) is 2.65. The maximum absolute atomic E-state index is 10.6. The summed E-state index contributed by atoms with van der Waals surface area (Å²) in [6.45, 7) is 2.08. The highest BCUT2D eigenvalue weighted by molar-refractivity contribution is 7.12. The van der Waals surface area contributed by atoms with Crippen LogP contribution in [-0.4, -0.2) is 18.3 Å². The first-order valence-corrected chi connectivity index (χ1v) is 6.28. The summed E-state index contributed by atoms with van der Waals surface area (Å²) >= 11 is 1.70. The minimum atomic E-state index is -0.641. The summed E-state index contributed by atoms with van der Waals surface area (Å²) in [4.78, 5) is 2.36. The van der Waals surface area contributed by atoms with Gasteiger partial charge in [-0.3, -0.25) is 0 Å². The van der Waals surface area contributed by atoms with E-state index in [1.54, 1.807) is 18.4 Å². The van der Waals surface area contributed by atoms with E-state index in [0.29, 0.717) is 0 Å². The Morgan fingerprint density at radius 3 is 2.93 bits per heavy atom. The second kappa shape index (κ2) is 4.24.